The van der Waals surface area contributed by atoms with Crippen LogP contribution < -0.4 is 10.2 Å². The Labute approximate surface area is 158 Å². The summed E-state index contributed by atoms with van der Waals surface area (Å²) < 4.78 is 28.3. The SMILES string of the molecule is CCN(c1ccnc(Nc2ccc(C(=O)OC)cc2)n1)C1CCS(=O)(=O)C1. The number of esters is 1. The first-order chi connectivity index (χ1) is 12.9. The molecule has 0 spiro atoms. The lowest BCUT2D eigenvalue weighted by molar-refractivity contribution is 0.0600. The van der Waals surface area contributed by atoms with Crippen LogP contribution in [0.1, 0.15) is 23.7 Å². The quantitative estimate of drug-likeness (QED) is 0.748. The van der Waals surface area contributed by atoms with Crippen molar-refractivity contribution >= 4 is 33.3 Å². The zero-order valence-electron chi connectivity index (χ0n) is 15.3. The fraction of sp³-hybridized carbons (Fsp3) is 0.389. The van der Waals surface area contributed by atoms with Crippen LogP contribution in [0.5, 0.6) is 0 Å². The van der Waals surface area contributed by atoms with Crippen LogP contribution in [0.4, 0.5) is 17.5 Å². The molecule has 2 aromatic rings. The van der Waals surface area contributed by atoms with Gasteiger partial charge in [-0.15, -0.1) is 0 Å². The molecule has 1 aliphatic heterocycles. The number of rotatable bonds is 6. The zero-order valence-corrected chi connectivity index (χ0v) is 16.1. The van der Waals surface area contributed by atoms with Crippen LogP contribution in [0, 0.1) is 0 Å². The first kappa shape index (κ1) is 19.1. The lowest BCUT2D eigenvalue weighted by atomic mass is 10.2. The number of aromatic nitrogens is 2. The van der Waals surface area contributed by atoms with Crippen molar-refractivity contribution in [3.8, 4) is 0 Å². The summed E-state index contributed by atoms with van der Waals surface area (Å²) >= 11 is 0. The number of nitrogens with one attached hydrogen (secondary N) is 1. The number of ether oxygens (including phenoxy) is 1. The number of hydrogen-bond donors (Lipinski definition) is 1. The van der Waals surface area contributed by atoms with Crippen LogP contribution in [-0.2, 0) is 14.6 Å². The topological polar surface area (TPSA) is 101 Å². The third-order valence-electron chi connectivity index (χ3n) is 4.49. The molecule has 0 radical (unpaired) electrons. The molecule has 1 N–H and O–H groups in total. The van der Waals surface area contributed by atoms with E-state index in [1.165, 1.54) is 7.11 Å². The van der Waals surface area contributed by atoms with E-state index >= 15 is 0 Å². The summed E-state index contributed by atoms with van der Waals surface area (Å²) in [5, 5.41) is 3.10. The van der Waals surface area contributed by atoms with Crippen LogP contribution in [0.15, 0.2) is 36.5 Å². The Kier molecular flexibility index (Phi) is 5.59. The number of carbonyl (C=O) groups is 1. The smallest absolute Gasteiger partial charge is 0.337 e. The molecule has 1 unspecified atom stereocenters. The molecule has 1 atom stereocenters. The van der Waals surface area contributed by atoms with Gasteiger partial charge in [0.1, 0.15) is 5.82 Å². The second-order valence-electron chi connectivity index (χ2n) is 6.28. The minimum Gasteiger partial charge on any atom is -0.465 e. The number of benzene rings is 1. The molecular weight excluding hydrogens is 368 g/mol. The summed E-state index contributed by atoms with van der Waals surface area (Å²) in [6.07, 6.45) is 2.25. The Morgan fingerprint density at radius 3 is 2.63 bits per heavy atom. The Morgan fingerprint density at radius 1 is 1.30 bits per heavy atom. The van der Waals surface area contributed by atoms with E-state index in [4.69, 9.17) is 0 Å². The summed E-state index contributed by atoms with van der Waals surface area (Å²) in [4.78, 5) is 22.2. The van der Waals surface area contributed by atoms with Gasteiger partial charge in [-0.2, -0.15) is 4.98 Å². The molecule has 27 heavy (non-hydrogen) atoms. The number of sulfone groups is 1. The third-order valence-corrected chi connectivity index (χ3v) is 6.24. The van der Waals surface area contributed by atoms with Crippen molar-refractivity contribution in [2.45, 2.75) is 19.4 Å². The summed E-state index contributed by atoms with van der Waals surface area (Å²) in [5.41, 5.74) is 1.18. The third kappa shape index (κ3) is 4.54. The molecule has 0 aliphatic carbocycles. The molecule has 2 heterocycles. The molecule has 1 aliphatic rings. The van der Waals surface area contributed by atoms with E-state index in [0.29, 0.717) is 30.3 Å². The largest absolute Gasteiger partial charge is 0.465 e. The molecule has 144 valence electrons. The monoisotopic (exact) mass is 390 g/mol. The molecule has 1 saturated heterocycles. The highest BCUT2D eigenvalue weighted by molar-refractivity contribution is 7.91. The van der Waals surface area contributed by atoms with Gasteiger partial charge in [-0.3, -0.25) is 0 Å². The van der Waals surface area contributed by atoms with Crippen LogP contribution >= 0.6 is 0 Å². The molecule has 0 amide bonds. The fourth-order valence-electron chi connectivity index (χ4n) is 3.13. The molecule has 8 nitrogen and oxygen atoms in total. The van der Waals surface area contributed by atoms with Crippen molar-refractivity contribution in [1.82, 2.24) is 9.97 Å². The molecule has 1 aromatic heterocycles. The Morgan fingerprint density at radius 2 is 2.04 bits per heavy atom. The van der Waals surface area contributed by atoms with E-state index < -0.39 is 15.8 Å². The van der Waals surface area contributed by atoms with E-state index in [-0.39, 0.29) is 17.5 Å². The van der Waals surface area contributed by atoms with Crippen molar-refractivity contribution in [3.05, 3.63) is 42.1 Å². The van der Waals surface area contributed by atoms with Crippen molar-refractivity contribution in [1.29, 1.82) is 0 Å². The van der Waals surface area contributed by atoms with Gasteiger partial charge in [0.15, 0.2) is 9.84 Å². The highest BCUT2D eigenvalue weighted by Gasteiger charge is 2.32. The zero-order chi connectivity index (χ0) is 19.4. The predicted octanol–water partition coefficient (Wildman–Crippen LogP) is 2.02. The lowest BCUT2D eigenvalue weighted by Gasteiger charge is -2.28. The predicted molar refractivity (Wildman–Crippen MR) is 103 cm³/mol. The Balaban J connectivity index is 1.76. The average Bonchev–Trinajstić information content (AvgIpc) is 3.02. The van der Waals surface area contributed by atoms with Gasteiger partial charge < -0.3 is 15.0 Å². The first-order valence-electron chi connectivity index (χ1n) is 8.67. The van der Waals surface area contributed by atoms with Gasteiger partial charge in [-0.25, -0.2) is 18.2 Å². The molecule has 0 saturated carbocycles. The number of anilines is 3. The second-order valence-corrected chi connectivity index (χ2v) is 8.50. The van der Waals surface area contributed by atoms with Crippen molar-refractivity contribution in [2.75, 3.05) is 35.4 Å². The normalized spacial score (nSPS) is 18.1. The van der Waals surface area contributed by atoms with E-state index in [1.807, 2.05) is 11.8 Å². The highest BCUT2D eigenvalue weighted by atomic mass is 32.2. The van der Waals surface area contributed by atoms with Gasteiger partial charge in [0.05, 0.1) is 24.2 Å². The maximum Gasteiger partial charge on any atom is 0.337 e. The van der Waals surface area contributed by atoms with Crippen LogP contribution in [0.25, 0.3) is 0 Å². The summed E-state index contributed by atoms with van der Waals surface area (Å²) in [6.45, 7) is 2.64. The minimum absolute atomic E-state index is 0.0675. The maximum absolute atomic E-state index is 11.8. The number of methoxy groups -OCH3 is 1. The molecule has 1 fully saturated rings. The minimum atomic E-state index is -2.97. The first-order valence-corrected chi connectivity index (χ1v) is 10.5. The van der Waals surface area contributed by atoms with Crippen molar-refractivity contribution in [3.63, 3.8) is 0 Å². The van der Waals surface area contributed by atoms with Gasteiger partial charge >= 0.3 is 5.97 Å². The van der Waals surface area contributed by atoms with Crippen molar-refractivity contribution < 1.29 is 17.9 Å². The van der Waals surface area contributed by atoms with E-state index in [9.17, 15) is 13.2 Å². The lowest BCUT2D eigenvalue weighted by Crippen LogP contribution is -2.36. The van der Waals surface area contributed by atoms with Gasteiger partial charge in [0, 0.05) is 24.5 Å². The summed E-state index contributed by atoms with van der Waals surface area (Å²) in [6, 6.07) is 8.49. The standard InChI is InChI=1S/C18H22N4O4S/c1-3-22(15-9-11-27(24,25)12-15)16-8-10-19-18(21-16)20-14-6-4-13(5-7-14)17(23)26-2/h4-8,10,15H,3,9,11-12H2,1-2H3,(H,19,20,21). The number of carbonyl (C=O) groups excluding carboxylic acids is 1. The van der Waals surface area contributed by atoms with Gasteiger partial charge in [-0.05, 0) is 43.7 Å². The van der Waals surface area contributed by atoms with Gasteiger partial charge in [0.25, 0.3) is 0 Å². The fourth-order valence-corrected chi connectivity index (χ4v) is 4.87. The van der Waals surface area contributed by atoms with E-state index in [1.54, 1.807) is 36.5 Å². The maximum atomic E-state index is 11.8. The average molecular weight is 390 g/mol. The Hall–Kier alpha value is -2.68. The second kappa shape index (κ2) is 7.91. The summed E-state index contributed by atoms with van der Waals surface area (Å²) in [7, 11) is -1.63. The molecule has 1 aromatic carbocycles. The van der Waals surface area contributed by atoms with Crippen molar-refractivity contribution in [2.24, 2.45) is 0 Å². The molecule has 0 bridgehead atoms. The van der Waals surface area contributed by atoms with Gasteiger partial charge in [0.2, 0.25) is 5.95 Å². The van der Waals surface area contributed by atoms with Gasteiger partial charge in [-0.1, -0.05) is 0 Å². The number of hydrogen-bond acceptors (Lipinski definition) is 8. The highest BCUT2D eigenvalue weighted by Crippen LogP contribution is 2.24. The molecule has 3 rings (SSSR count). The number of nitrogens with zero attached hydrogens (tertiary/aromatic N) is 3. The molecule has 9 heteroatoms. The van der Waals surface area contributed by atoms with Crippen LogP contribution in [-0.4, -0.2) is 55.6 Å². The van der Waals surface area contributed by atoms with Crippen LogP contribution in [0.3, 0.4) is 0 Å². The summed E-state index contributed by atoms with van der Waals surface area (Å²) in [5.74, 6) is 1.06. The molecular formula is C18H22N4O4S. The van der Waals surface area contributed by atoms with E-state index in [2.05, 4.69) is 20.0 Å². The van der Waals surface area contributed by atoms with Crippen LogP contribution in [0.2, 0.25) is 0 Å². The Bertz CT molecular complexity index is 915. The van der Waals surface area contributed by atoms with E-state index in [0.717, 1.165) is 5.69 Å².